The summed E-state index contributed by atoms with van der Waals surface area (Å²) in [4.78, 5) is 41.9. The van der Waals surface area contributed by atoms with Gasteiger partial charge in [0.1, 0.15) is 5.58 Å². The number of amides is 2. The first kappa shape index (κ1) is 33.0. The number of carbonyl (C=O) groups excluding carboxylic acids is 2. The zero-order valence-corrected chi connectivity index (χ0v) is 27.8. The quantitative estimate of drug-likeness (QED) is 0.158. The van der Waals surface area contributed by atoms with Gasteiger partial charge in [-0.3, -0.25) is 24.0 Å². The van der Waals surface area contributed by atoms with Gasteiger partial charge in [0.2, 0.25) is 0 Å². The maximum Gasteiger partial charge on any atom is 0.291 e. The minimum Gasteiger partial charge on any atom is -0.493 e. The van der Waals surface area contributed by atoms with Gasteiger partial charge in [0.15, 0.2) is 22.7 Å². The number of benzene rings is 4. The average molecular weight is 660 g/mol. The predicted molar refractivity (Wildman–Crippen MR) is 190 cm³/mol. The fourth-order valence-corrected chi connectivity index (χ4v) is 5.71. The van der Waals surface area contributed by atoms with E-state index in [2.05, 4.69) is 45.8 Å². The number of rotatable bonds is 12. The number of fused-ring (bicyclic) bond motifs is 2. The standard InChI is InChI=1S/C38H37N5O6/c1-5-43(23-25-10-13-26-22-39-42(2)31(26)18-25)17-16-24-11-14-27(15-12-24)40-37(45)29-19-34(47-3)35(48-4)20-30(29)41-38(46)36-21-32(44)28-8-6-7-9-33(28)49-36/h6-15,18-22H,5,16-17,23H2,1-4H3,(H,40,45)(H,41,46). The molecule has 0 fully saturated rings. The highest BCUT2D eigenvalue weighted by Gasteiger charge is 2.21. The van der Waals surface area contributed by atoms with Gasteiger partial charge in [0.25, 0.3) is 11.8 Å². The van der Waals surface area contributed by atoms with Crippen LogP contribution in [0.25, 0.3) is 21.9 Å². The van der Waals surface area contributed by atoms with Gasteiger partial charge in [0, 0.05) is 43.3 Å². The third-order valence-corrected chi connectivity index (χ3v) is 8.47. The van der Waals surface area contributed by atoms with Crippen molar-refractivity contribution in [1.29, 1.82) is 0 Å². The van der Waals surface area contributed by atoms with Gasteiger partial charge in [-0.05, 0) is 60.5 Å². The van der Waals surface area contributed by atoms with Crippen LogP contribution >= 0.6 is 0 Å². The number of hydrogen-bond donors (Lipinski definition) is 2. The largest absolute Gasteiger partial charge is 0.493 e. The van der Waals surface area contributed by atoms with Crippen molar-refractivity contribution in [2.45, 2.75) is 19.9 Å². The summed E-state index contributed by atoms with van der Waals surface area (Å²) in [6, 6.07) is 24.9. The lowest BCUT2D eigenvalue weighted by molar-refractivity contribution is 0.0997. The van der Waals surface area contributed by atoms with Gasteiger partial charge in [-0.25, -0.2) is 0 Å². The second-order valence-electron chi connectivity index (χ2n) is 11.6. The molecule has 4 aromatic carbocycles. The van der Waals surface area contributed by atoms with Crippen LogP contribution in [0.1, 0.15) is 39.0 Å². The van der Waals surface area contributed by atoms with Crippen molar-refractivity contribution in [3.63, 3.8) is 0 Å². The summed E-state index contributed by atoms with van der Waals surface area (Å²) < 4.78 is 18.4. The Morgan fingerprint density at radius 1 is 0.878 bits per heavy atom. The molecule has 2 amide bonds. The van der Waals surface area contributed by atoms with Crippen LogP contribution in [0, 0.1) is 0 Å². The molecular formula is C38H37N5O6. The first-order chi connectivity index (χ1) is 23.8. The summed E-state index contributed by atoms with van der Waals surface area (Å²) >= 11 is 0. The number of aromatic nitrogens is 2. The van der Waals surface area contributed by atoms with Gasteiger partial charge < -0.3 is 24.5 Å². The van der Waals surface area contributed by atoms with Crippen LogP contribution in [0.3, 0.4) is 0 Å². The van der Waals surface area contributed by atoms with E-state index in [9.17, 15) is 14.4 Å². The fourth-order valence-electron chi connectivity index (χ4n) is 5.71. The molecule has 11 heteroatoms. The predicted octanol–water partition coefficient (Wildman–Crippen LogP) is 6.27. The highest BCUT2D eigenvalue weighted by atomic mass is 16.5. The lowest BCUT2D eigenvalue weighted by atomic mass is 10.1. The van der Waals surface area contributed by atoms with E-state index in [0.29, 0.717) is 22.6 Å². The molecule has 250 valence electrons. The maximum absolute atomic E-state index is 13.6. The van der Waals surface area contributed by atoms with Crippen LogP contribution in [0.5, 0.6) is 11.5 Å². The molecule has 6 aromatic rings. The third kappa shape index (κ3) is 7.31. The van der Waals surface area contributed by atoms with Crippen LogP contribution < -0.4 is 25.5 Å². The number of hydrogen-bond acceptors (Lipinski definition) is 8. The minimum absolute atomic E-state index is 0.126. The summed E-state index contributed by atoms with van der Waals surface area (Å²) in [5, 5.41) is 11.4. The number of anilines is 2. The first-order valence-corrected chi connectivity index (χ1v) is 15.9. The molecule has 0 aliphatic heterocycles. The molecule has 0 atom stereocenters. The van der Waals surface area contributed by atoms with E-state index in [0.717, 1.165) is 48.6 Å². The summed E-state index contributed by atoms with van der Waals surface area (Å²) in [5.41, 5.74) is 4.27. The Bertz CT molecular complexity index is 2210. The third-order valence-electron chi connectivity index (χ3n) is 8.47. The average Bonchev–Trinajstić information content (AvgIpc) is 3.49. The Balaban J connectivity index is 1.14. The van der Waals surface area contributed by atoms with Gasteiger partial charge in [-0.15, -0.1) is 0 Å². The van der Waals surface area contributed by atoms with Crippen LogP contribution in [0.2, 0.25) is 0 Å². The number of nitrogens with zero attached hydrogens (tertiary/aromatic N) is 3. The van der Waals surface area contributed by atoms with Crippen molar-refractivity contribution in [2.24, 2.45) is 7.05 Å². The molecule has 6 rings (SSSR count). The molecule has 0 saturated carbocycles. The summed E-state index contributed by atoms with van der Waals surface area (Å²) in [7, 11) is 4.86. The van der Waals surface area contributed by atoms with Crippen molar-refractivity contribution in [3.05, 3.63) is 124 Å². The van der Waals surface area contributed by atoms with Crippen molar-refractivity contribution in [3.8, 4) is 11.5 Å². The molecule has 0 saturated heterocycles. The Labute approximate surface area is 283 Å². The molecule has 0 unspecified atom stereocenters. The molecular weight excluding hydrogens is 622 g/mol. The van der Waals surface area contributed by atoms with Gasteiger partial charge in [-0.2, -0.15) is 5.10 Å². The Kier molecular flexibility index (Phi) is 9.72. The van der Waals surface area contributed by atoms with E-state index >= 15 is 0 Å². The van der Waals surface area contributed by atoms with Crippen LogP contribution in [0.15, 0.2) is 100 Å². The number of likely N-dealkylation sites (N-methyl/N-ethyl adjacent to an activating group) is 1. The summed E-state index contributed by atoms with van der Waals surface area (Å²) in [6.07, 6.45) is 2.72. The van der Waals surface area contributed by atoms with Gasteiger partial charge in [-0.1, -0.05) is 43.3 Å². The highest BCUT2D eigenvalue weighted by molar-refractivity contribution is 6.12. The Hall–Kier alpha value is -5.94. The molecule has 2 aromatic heterocycles. The fraction of sp³-hybridized carbons (Fsp3) is 0.211. The zero-order chi connectivity index (χ0) is 34.5. The summed E-state index contributed by atoms with van der Waals surface area (Å²) in [6.45, 7) is 4.78. The molecule has 2 N–H and O–H groups in total. The normalized spacial score (nSPS) is 11.2. The van der Waals surface area contributed by atoms with E-state index < -0.39 is 11.8 Å². The number of ether oxygens (including phenoxy) is 2. The second kappa shape index (κ2) is 14.4. The van der Waals surface area contributed by atoms with E-state index in [-0.39, 0.29) is 28.0 Å². The smallest absolute Gasteiger partial charge is 0.291 e. The van der Waals surface area contributed by atoms with E-state index in [1.165, 1.54) is 31.9 Å². The molecule has 0 spiro atoms. The van der Waals surface area contributed by atoms with Crippen LogP contribution in [0.4, 0.5) is 11.4 Å². The highest BCUT2D eigenvalue weighted by Crippen LogP contribution is 2.34. The lowest BCUT2D eigenvalue weighted by Gasteiger charge is -2.21. The number of nitrogens with one attached hydrogen (secondary N) is 2. The lowest BCUT2D eigenvalue weighted by Crippen LogP contribution is -2.25. The van der Waals surface area contributed by atoms with Crippen molar-refractivity contribution >= 4 is 45.1 Å². The molecule has 11 nitrogen and oxygen atoms in total. The first-order valence-electron chi connectivity index (χ1n) is 15.9. The zero-order valence-electron chi connectivity index (χ0n) is 27.8. The van der Waals surface area contributed by atoms with E-state index in [4.69, 9.17) is 13.9 Å². The van der Waals surface area contributed by atoms with E-state index in [1.807, 2.05) is 42.2 Å². The Morgan fingerprint density at radius 2 is 1.61 bits per heavy atom. The number of carbonyl (C=O) groups is 2. The van der Waals surface area contributed by atoms with Crippen molar-refractivity contribution < 1.29 is 23.5 Å². The van der Waals surface area contributed by atoms with E-state index in [1.54, 1.807) is 24.3 Å². The molecule has 0 aliphatic rings. The number of aryl methyl sites for hydroxylation is 1. The minimum atomic E-state index is -0.702. The molecule has 0 radical (unpaired) electrons. The second-order valence-corrected chi connectivity index (χ2v) is 11.6. The topological polar surface area (TPSA) is 128 Å². The van der Waals surface area contributed by atoms with Crippen molar-refractivity contribution in [2.75, 3.05) is 37.9 Å². The van der Waals surface area contributed by atoms with Crippen LogP contribution in [-0.2, 0) is 20.0 Å². The van der Waals surface area contributed by atoms with Crippen molar-refractivity contribution in [1.82, 2.24) is 14.7 Å². The number of para-hydroxylation sites is 1. The van der Waals surface area contributed by atoms with Crippen LogP contribution in [-0.4, -0.2) is 53.8 Å². The molecule has 0 bridgehead atoms. The monoisotopic (exact) mass is 659 g/mol. The SMILES string of the molecule is CCN(CCc1ccc(NC(=O)c2cc(OC)c(OC)cc2NC(=O)c2cc(=O)c3ccccc3o2)cc1)Cc1ccc2cnn(C)c2c1. The maximum atomic E-state index is 13.6. The summed E-state index contributed by atoms with van der Waals surface area (Å²) in [5.74, 6) is -0.772. The number of methoxy groups -OCH3 is 2. The van der Waals surface area contributed by atoms with Gasteiger partial charge >= 0.3 is 0 Å². The molecule has 0 aliphatic carbocycles. The molecule has 2 heterocycles. The Morgan fingerprint density at radius 3 is 2.37 bits per heavy atom. The molecule has 49 heavy (non-hydrogen) atoms. The van der Waals surface area contributed by atoms with Gasteiger partial charge in [0.05, 0.1) is 42.6 Å².